The Hall–Kier alpha value is -0.630. The highest BCUT2D eigenvalue weighted by atomic mass is 16.3. The van der Waals surface area contributed by atoms with Gasteiger partial charge in [-0.15, -0.1) is 0 Å². The lowest BCUT2D eigenvalue weighted by molar-refractivity contribution is -0.134. The number of aliphatic hydroxyl groups is 1. The fourth-order valence-electron chi connectivity index (χ4n) is 7.56. The van der Waals surface area contributed by atoms with Crippen molar-refractivity contribution in [3.8, 4) is 0 Å². The lowest BCUT2D eigenvalue weighted by Crippen LogP contribution is -2.52. The van der Waals surface area contributed by atoms with Gasteiger partial charge in [-0.2, -0.15) is 0 Å². The molecule has 0 aromatic rings. The van der Waals surface area contributed by atoms with Gasteiger partial charge in [0.1, 0.15) is 5.78 Å². The summed E-state index contributed by atoms with van der Waals surface area (Å²) in [6, 6.07) is 0. The molecule has 0 radical (unpaired) electrons. The third-order valence-corrected chi connectivity index (χ3v) is 8.83. The highest BCUT2D eigenvalue weighted by Gasteiger charge is 2.61. The SMILES string of the molecule is CC1=C2CC(O)C(C)C[C@]2(C)[C@@H]2CC[C@]3(C)C(=O)C(C)C[C@H]3[C@@H]2C1. The molecule has 3 saturated carbocycles. The monoisotopic (exact) mass is 330 g/mol. The van der Waals surface area contributed by atoms with Gasteiger partial charge in [-0.25, -0.2) is 0 Å². The van der Waals surface area contributed by atoms with Crippen LogP contribution in [0.4, 0.5) is 0 Å². The van der Waals surface area contributed by atoms with Gasteiger partial charge in [-0.3, -0.25) is 4.79 Å². The van der Waals surface area contributed by atoms with Crippen LogP contribution in [-0.2, 0) is 4.79 Å². The Kier molecular flexibility index (Phi) is 3.64. The molecule has 4 aliphatic rings. The fourth-order valence-corrected chi connectivity index (χ4v) is 7.56. The second-order valence-electron chi connectivity index (χ2n) is 10.2. The van der Waals surface area contributed by atoms with E-state index < -0.39 is 0 Å². The largest absolute Gasteiger partial charge is 0.393 e. The van der Waals surface area contributed by atoms with Gasteiger partial charge in [0.05, 0.1) is 6.10 Å². The average molecular weight is 331 g/mol. The van der Waals surface area contributed by atoms with E-state index in [-0.39, 0.29) is 22.9 Å². The molecule has 1 N–H and O–H groups in total. The Morgan fingerprint density at radius 1 is 1.08 bits per heavy atom. The van der Waals surface area contributed by atoms with Crippen LogP contribution >= 0.6 is 0 Å². The van der Waals surface area contributed by atoms with Crippen LogP contribution in [0.5, 0.6) is 0 Å². The van der Waals surface area contributed by atoms with Crippen molar-refractivity contribution < 1.29 is 9.90 Å². The molecule has 3 fully saturated rings. The van der Waals surface area contributed by atoms with Crippen LogP contribution in [-0.4, -0.2) is 17.0 Å². The second kappa shape index (κ2) is 5.19. The number of allylic oxidation sites excluding steroid dienone is 1. The van der Waals surface area contributed by atoms with Crippen molar-refractivity contribution in [2.24, 2.45) is 40.4 Å². The first-order valence-electron chi connectivity index (χ1n) is 10.1. The maximum atomic E-state index is 12.8. The summed E-state index contributed by atoms with van der Waals surface area (Å²) in [6.07, 6.45) is 6.39. The van der Waals surface area contributed by atoms with Crippen molar-refractivity contribution >= 4 is 5.78 Å². The number of fused-ring (bicyclic) bond motifs is 5. The highest BCUT2D eigenvalue weighted by Crippen LogP contribution is 2.66. The smallest absolute Gasteiger partial charge is 0.141 e. The fraction of sp³-hybridized carbons (Fsp3) is 0.864. The minimum absolute atomic E-state index is 0.0610. The van der Waals surface area contributed by atoms with Crippen LogP contribution in [0.3, 0.4) is 0 Å². The topological polar surface area (TPSA) is 37.3 Å². The lowest BCUT2D eigenvalue weighted by Gasteiger charge is -2.58. The summed E-state index contributed by atoms with van der Waals surface area (Å²) in [4.78, 5) is 12.8. The predicted molar refractivity (Wildman–Crippen MR) is 96.4 cm³/mol. The van der Waals surface area contributed by atoms with Gasteiger partial charge >= 0.3 is 0 Å². The van der Waals surface area contributed by atoms with Gasteiger partial charge in [0.2, 0.25) is 0 Å². The van der Waals surface area contributed by atoms with Crippen LogP contribution in [0.1, 0.15) is 73.1 Å². The lowest BCUT2D eigenvalue weighted by atomic mass is 9.46. The first-order valence-corrected chi connectivity index (χ1v) is 10.1. The average Bonchev–Trinajstić information content (AvgIpc) is 2.74. The van der Waals surface area contributed by atoms with E-state index in [1.165, 1.54) is 12.0 Å². The van der Waals surface area contributed by atoms with E-state index >= 15 is 0 Å². The highest BCUT2D eigenvalue weighted by molar-refractivity contribution is 5.89. The molecule has 3 unspecified atom stereocenters. The van der Waals surface area contributed by atoms with E-state index in [1.807, 2.05) is 0 Å². The molecule has 2 heteroatoms. The molecule has 4 aliphatic carbocycles. The number of hydrogen-bond donors (Lipinski definition) is 1. The number of Topliss-reactive ketones (excluding diaryl/α,β-unsaturated/α-hetero) is 1. The standard InChI is InChI=1S/C22H34O2/c1-12-8-15-16(22(5)11-14(3)19(23)10-17(12)22)6-7-21(4)18(15)9-13(2)20(21)24/h13-16,18-19,23H,6-11H2,1-5H3/t13?,14?,15-,16-,18+,19?,21+,22-/m1/s1. The Balaban J connectivity index is 1.75. The summed E-state index contributed by atoms with van der Waals surface area (Å²) in [6.45, 7) is 11.4. The number of carbonyl (C=O) groups excluding carboxylic acids is 1. The maximum Gasteiger partial charge on any atom is 0.141 e. The normalized spacial score (nSPS) is 54.3. The number of aliphatic hydroxyl groups excluding tert-OH is 1. The van der Waals surface area contributed by atoms with Gasteiger partial charge in [0.25, 0.3) is 0 Å². The molecule has 134 valence electrons. The van der Waals surface area contributed by atoms with Crippen LogP contribution in [0.25, 0.3) is 0 Å². The van der Waals surface area contributed by atoms with Crippen molar-refractivity contribution in [2.45, 2.75) is 79.2 Å². The summed E-state index contributed by atoms with van der Waals surface area (Å²) in [5, 5.41) is 10.4. The van der Waals surface area contributed by atoms with Crippen LogP contribution in [0.15, 0.2) is 11.1 Å². The van der Waals surface area contributed by atoms with Crippen molar-refractivity contribution in [1.29, 1.82) is 0 Å². The van der Waals surface area contributed by atoms with Gasteiger partial charge < -0.3 is 5.11 Å². The van der Waals surface area contributed by atoms with Gasteiger partial charge in [-0.05, 0) is 74.5 Å². The van der Waals surface area contributed by atoms with Crippen LogP contribution in [0.2, 0.25) is 0 Å². The molecule has 4 rings (SSSR count). The Morgan fingerprint density at radius 3 is 2.50 bits per heavy atom. The molecule has 0 saturated heterocycles. The molecular formula is C22H34O2. The van der Waals surface area contributed by atoms with E-state index in [0.717, 1.165) is 32.1 Å². The number of carbonyl (C=O) groups is 1. The molecule has 2 nitrogen and oxygen atoms in total. The molecule has 0 aromatic carbocycles. The quantitative estimate of drug-likeness (QED) is 0.650. The summed E-state index contributed by atoms with van der Waals surface area (Å²) in [5.74, 6) is 3.15. The molecule has 0 amide bonds. The van der Waals surface area contributed by atoms with Gasteiger partial charge in [0.15, 0.2) is 0 Å². The number of ketones is 1. The molecule has 0 heterocycles. The summed E-state index contributed by atoms with van der Waals surface area (Å²) in [7, 11) is 0. The van der Waals surface area contributed by atoms with Crippen molar-refractivity contribution in [3.05, 3.63) is 11.1 Å². The summed E-state index contributed by atoms with van der Waals surface area (Å²) >= 11 is 0. The number of rotatable bonds is 0. The van der Waals surface area contributed by atoms with E-state index in [9.17, 15) is 9.90 Å². The van der Waals surface area contributed by atoms with Crippen LogP contribution in [0, 0.1) is 40.4 Å². The maximum absolute atomic E-state index is 12.8. The van der Waals surface area contributed by atoms with E-state index in [1.54, 1.807) is 5.57 Å². The molecule has 8 atom stereocenters. The summed E-state index contributed by atoms with van der Waals surface area (Å²) < 4.78 is 0. The molecule has 0 spiro atoms. The molecule has 0 bridgehead atoms. The first-order chi connectivity index (χ1) is 11.2. The number of hydrogen-bond acceptors (Lipinski definition) is 2. The second-order valence-corrected chi connectivity index (χ2v) is 10.2. The van der Waals surface area contributed by atoms with E-state index in [4.69, 9.17) is 0 Å². The van der Waals surface area contributed by atoms with Crippen molar-refractivity contribution in [3.63, 3.8) is 0 Å². The third-order valence-electron chi connectivity index (χ3n) is 8.83. The first kappa shape index (κ1) is 16.8. The summed E-state index contributed by atoms with van der Waals surface area (Å²) in [5.41, 5.74) is 3.28. The zero-order valence-corrected chi connectivity index (χ0v) is 16.1. The zero-order chi connectivity index (χ0) is 17.4. The minimum Gasteiger partial charge on any atom is -0.393 e. The predicted octanol–water partition coefficient (Wildman–Crippen LogP) is 4.76. The van der Waals surface area contributed by atoms with Crippen LogP contribution < -0.4 is 0 Å². The third kappa shape index (κ3) is 2.01. The Morgan fingerprint density at radius 2 is 1.79 bits per heavy atom. The van der Waals surface area contributed by atoms with Crippen molar-refractivity contribution in [1.82, 2.24) is 0 Å². The molecular weight excluding hydrogens is 296 g/mol. The van der Waals surface area contributed by atoms with Crippen molar-refractivity contribution in [2.75, 3.05) is 0 Å². The zero-order valence-electron chi connectivity index (χ0n) is 16.1. The van der Waals surface area contributed by atoms with Gasteiger partial charge in [-0.1, -0.05) is 38.8 Å². The molecule has 0 aromatic heterocycles. The Labute approximate surface area is 147 Å². The van der Waals surface area contributed by atoms with E-state index in [2.05, 4.69) is 34.6 Å². The van der Waals surface area contributed by atoms with Gasteiger partial charge in [0, 0.05) is 11.3 Å². The molecule has 0 aliphatic heterocycles. The minimum atomic E-state index is -0.165. The Bertz CT molecular complexity index is 605. The van der Waals surface area contributed by atoms with E-state index in [0.29, 0.717) is 29.5 Å². The molecule has 24 heavy (non-hydrogen) atoms.